The molecule has 0 saturated carbocycles. The van der Waals surface area contributed by atoms with Crippen LogP contribution >= 0.6 is 23.2 Å². The Morgan fingerprint density at radius 1 is 0.950 bits per heavy atom. The highest BCUT2D eigenvalue weighted by Crippen LogP contribution is 2.26. The molecule has 0 unspecified atom stereocenters. The van der Waals surface area contributed by atoms with Crippen molar-refractivity contribution in [2.24, 2.45) is 0 Å². The van der Waals surface area contributed by atoms with Crippen LogP contribution in [-0.4, -0.2) is 13.2 Å². The SMILES string of the molecule is N#Cc1ccccc1OCCOc1ccc(Cl)c(Cl)c1. The molecule has 0 atom stereocenters. The second-order valence-electron chi connectivity index (χ2n) is 3.88. The fourth-order valence-electron chi connectivity index (χ4n) is 1.56. The highest BCUT2D eigenvalue weighted by molar-refractivity contribution is 6.42. The van der Waals surface area contributed by atoms with Gasteiger partial charge in [0.1, 0.15) is 30.8 Å². The first-order chi connectivity index (χ1) is 9.70. The highest BCUT2D eigenvalue weighted by Gasteiger charge is 2.03. The van der Waals surface area contributed by atoms with Crippen LogP contribution in [0.2, 0.25) is 10.0 Å². The summed E-state index contributed by atoms with van der Waals surface area (Å²) in [5.41, 5.74) is 0.502. The van der Waals surface area contributed by atoms with Gasteiger partial charge in [0.2, 0.25) is 0 Å². The minimum atomic E-state index is 0.332. The van der Waals surface area contributed by atoms with Crippen LogP contribution in [0.1, 0.15) is 5.56 Å². The Labute approximate surface area is 127 Å². The molecule has 0 radical (unpaired) electrons. The number of nitrogens with zero attached hydrogens (tertiary/aromatic N) is 1. The molecule has 0 fully saturated rings. The summed E-state index contributed by atoms with van der Waals surface area (Å²) in [5, 5.41) is 9.85. The number of halogens is 2. The van der Waals surface area contributed by atoms with E-state index in [1.165, 1.54) is 0 Å². The van der Waals surface area contributed by atoms with Crippen LogP contribution in [0.3, 0.4) is 0 Å². The predicted octanol–water partition coefficient (Wildman–Crippen LogP) is 4.32. The van der Waals surface area contributed by atoms with Crippen molar-refractivity contribution < 1.29 is 9.47 Å². The van der Waals surface area contributed by atoms with Gasteiger partial charge in [-0.25, -0.2) is 0 Å². The second kappa shape index (κ2) is 7.04. The first-order valence-electron chi connectivity index (χ1n) is 5.90. The number of hydrogen-bond donors (Lipinski definition) is 0. The minimum absolute atomic E-state index is 0.332. The molecule has 2 aromatic rings. The highest BCUT2D eigenvalue weighted by atomic mass is 35.5. The second-order valence-corrected chi connectivity index (χ2v) is 4.70. The van der Waals surface area contributed by atoms with E-state index in [4.69, 9.17) is 37.9 Å². The van der Waals surface area contributed by atoms with Crippen LogP contribution in [-0.2, 0) is 0 Å². The van der Waals surface area contributed by atoms with E-state index < -0.39 is 0 Å². The van der Waals surface area contributed by atoms with E-state index in [-0.39, 0.29) is 0 Å². The largest absolute Gasteiger partial charge is 0.490 e. The molecule has 0 saturated heterocycles. The lowest BCUT2D eigenvalue weighted by molar-refractivity contribution is 0.217. The molecular weight excluding hydrogens is 297 g/mol. The Morgan fingerprint density at radius 3 is 2.45 bits per heavy atom. The van der Waals surface area contributed by atoms with Crippen LogP contribution in [0.5, 0.6) is 11.5 Å². The first kappa shape index (κ1) is 14.5. The van der Waals surface area contributed by atoms with Gasteiger partial charge in [0.05, 0.1) is 15.6 Å². The Morgan fingerprint density at radius 2 is 1.70 bits per heavy atom. The summed E-state index contributed by atoms with van der Waals surface area (Å²) >= 11 is 11.7. The number of rotatable bonds is 5. The van der Waals surface area contributed by atoms with E-state index in [2.05, 4.69) is 6.07 Å². The van der Waals surface area contributed by atoms with E-state index in [0.29, 0.717) is 40.3 Å². The average molecular weight is 308 g/mol. The molecule has 5 heteroatoms. The third kappa shape index (κ3) is 3.80. The van der Waals surface area contributed by atoms with Gasteiger partial charge in [0.15, 0.2) is 0 Å². The van der Waals surface area contributed by atoms with Crippen LogP contribution in [0, 0.1) is 11.3 Å². The van der Waals surface area contributed by atoms with Gasteiger partial charge in [0.25, 0.3) is 0 Å². The molecule has 20 heavy (non-hydrogen) atoms. The topological polar surface area (TPSA) is 42.2 Å². The Kier molecular flexibility index (Phi) is 5.11. The molecule has 0 spiro atoms. The van der Waals surface area contributed by atoms with Crippen molar-refractivity contribution in [2.45, 2.75) is 0 Å². The van der Waals surface area contributed by atoms with E-state index in [9.17, 15) is 0 Å². The standard InChI is InChI=1S/C15H11Cl2NO2/c16-13-6-5-12(9-14(13)17)19-7-8-20-15-4-2-1-3-11(15)10-18/h1-6,9H,7-8H2. The lowest BCUT2D eigenvalue weighted by Gasteiger charge is -2.09. The maximum absolute atomic E-state index is 8.92. The molecule has 102 valence electrons. The molecule has 0 heterocycles. The van der Waals surface area contributed by atoms with Gasteiger partial charge in [-0.2, -0.15) is 5.26 Å². The summed E-state index contributed by atoms with van der Waals surface area (Å²) in [6.07, 6.45) is 0. The van der Waals surface area contributed by atoms with Crippen LogP contribution < -0.4 is 9.47 Å². The number of nitriles is 1. The molecule has 0 aliphatic heterocycles. The van der Waals surface area contributed by atoms with Crippen molar-refractivity contribution in [3.8, 4) is 17.6 Å². The van der Waals surface area contributed by atoms with Gasteiger partial charge in [-0.3, -0.25) is 0 Å². The molecular formula is C15H11Cl2NO2. The van der Waals surface area contributed by atoms with Crippen molar-refractivity contribution >= 4 is 23.2 Å². The number of hydrogen-bond acceptors (Lipinski definition) is 3. The average Bonchev–Trinajstić information content (AvgIpc) is 2.47. The quantitative estimate of drug-likeness (QED) is 0.772. The van der Waals surface area contributed by atoms with Crippen LogP contribution in [0.25, 0.3) is 0 Å². The molecule has 0 bridgehead atoms. The third-order valence-electron chi connectivity index (χ3n) is 2.51. The molecule has 3 nitrogen and oxygen atoms in total. The van der Waals surface area contributed by atoms with Gasteiger partial charge in [-0.15, -0.1) is 0 Å². The van der Waals surface area contributed by atoms with Gasteiger partial charge < -0.3 is 9.47 Å². The zero-order chi connectivity index (χ0) is 14.4. The maximum Gasteiger partial charge on any atom is 0.137 e. The Hall–Kier alpha value is -1.89. The van der Waals surface area contributed by atoms with Gasteiger partial charge in [-0.1, -0.05) is 35.3 Å². The fraction of sp³-hybridized carbons (Fsp3) is 0.133. The zero-order valence-corrected chi connectivity index (χ0v) is 12.0. The molecule has 0 N–H and O–H groups in total. The predicted molar refractivity (Wildman–Crippen MR) is 78.6 cm³/mol. The van der Waals surface area contributed by atoms with Crippen molar-refractivity contribution in [1.82, 2.24) is 0 Å². The molecule has 0 aliphatic carbocycles. The monoisotopic (exact) mass is 307 g/mol. The summed E-state index contributed by atoms with van der Waals surface area (Å²) in [7, 11) is 0. The minimum Gasteiger partial charge on any atom is -0.490 e. The number of para-hydroxylation sites is 1. The summed E-state index contributed by atoms with van der Waals surface area (Å²) < 4.78 is 11.0. The summed E-state index contributed by atoms with van der Waals surface area (Å²) in [4.78, 5) is 0. The maximum atomic E-state index is 8.92. The smallest absolute Gasteiger partial charge is 0.137 e. The Balaban J connectivity index is 1.85. The lowest BCUT2D eigenvalue weighted by Crippen LogP contribution is -2.09. The summed E-state index contributed by atoms with van der Waals surface area (Å²) in [6.45, 7) is 0.677. The number of benzene rings is 2. The normalized spacial score (nSPS) is 9.85. The van der Waals surface area contributed by atoms with Crippen molar-refractivity contribution in [3.05, 3.63) is 58.1 Å². The zero-order valence-electron chi connectivity index (χ0n) is 10.5. The molecule has 0 aromatic heterocycles. The van der Waals surface area contributed by atoms with E-state index >= 15 is 0 Å². The van der Waals surface area contributed by atoms with Crippen molar-refractivity contribution in [3.63, 3.8) is 0 Å². The number of ether oxygens (including phenoxy) is 2. The molecule has 0 aliphatic rings. The summed E-state index contributed by atoms with van der Waals surface area (Å²) in [5.74, 6) is 1.17. The van der Waals surface area contributed by atoms with Crippen molar-refractivity contribution in [1.29, 1.82) is 5.26 Å². The molecule has 2 rings (SSSR count). The Bertz CT molecular complexity index is 638. The van der Waals surface area contributed by atoms with Gasteiger partial charge >= 0.3 is 0 Å². The van der Waals surface area contributed by atoms with Gasteiger partial charge in [0, 0.05) is 6.07 Å². The van der Waals surface area contributed by atoms with Crippen LogP contribution in [0.4, 0.5) is 0 Å². The van der Waals surface area contributed by atoms with Gasteiger partial charge in [-0.05, 0) is 24.3 Å². The molecule has 2 aromatic carbocycles. The van der Waals surface area contributed by atoms with Crippen LogP contribution in [0.15, 0.2) is 42.5 Å². The lowest BCUT2D eigenvalue weighted by atomic mass is 10.2. The third-order valence-corrected chi connectivity index (χ3v) is 3.25. The summed E-state index contributed by atoms with van der Waals surface area (Å²) in [6, 6.07) is 14.2. The first-order valence-corrected chi connectivity index (χ1v) is 6.66. The van der Waals surface area contributed by atoms with Crippen molar-refractivity contribution in [2.75, 3.05) is 13.2 Å². The van der Waals surface area contributed by atoms with E-state index in [1.54, 1.807) is 36.4 Å². The van der Waals surface area contributed by atoms with E-state index in [0.717, 1.165) is 0 Å². The molecule has 0 amide bonds. The fourth-order valence-corrected chi connectivity index (χ4v) is 1.85. The van der Waals surface area contributed by atoms with E-state index in [1.807, 2.05) is 6.07 Å².